The van der Waals surface area contributed by atoms with Gasteiger partial charge in [0.05, 0.1) is 18.3 Å². The molecule has 3 aromatic carbocycles. The number of hydrogen-bond donors (Lipinski definition) is 1. The van der Waals surface area contributed by atoms with Gasteiger partial charge in [-0.25, -0.2) is 4.79 Å². The summed E-state index contributed by atoms with van der Waals surface area (Å²) in [7, 11) is 0. The summed E-state index contributed by atoms with van der Waals surface area (Å²) in [6.45, 7) is 7.26. The van der Waals surface area contributed by atoms with Gasteiger partial charge in [-0.05, 0) is 44.9 Å². The number of benzene rings is 3. The summed E-state index contributed by atoms with van der Waals surface area (Å²) in [6.07, 6.45) is -0.764. The molecule has 6 nitrogen and oxygen atoms in total. The second kappa shape index (κ2) is 8.92. The highest BCUT2D eigenvalue weighted by atomic mass is 16.6. The molecular weight excluding hydrogens is 438 g/mol. The number of hydrogen-bond acceptors (Lipinski definition) is 4. The molecule has 0 fully saturated rings. The van der Waals surface area contributed by atoms with E-state index in [1.807, 2.05) is 66.7 Å². The number of amides is 2. The summed E-state index contributed by atoms with van der Waals surface area (Å²) < 4.78 is 5.59. The number of fused-ring (bicyclic) bond motifs is 1. The van der Waals surface area contributed by atoms with E-state index in [2.05, 4.69) is 11.4 Å². The molecule has 1 aliphatic heterocycles. The first-order chi connectivity index (χ1) is 16.6. The Bertz CT molecular complexity index is 1280. The van der Waals surface area contributed by atoms with E-state index >= 15 is 0 Å². The predicted molar refractivity (Wildman–Crippen MR) is 135 cm³/mol. The molecular formula is C29H29N3O3. The van der Waals surface area contributed by atoms with Crippen molar-refractivity contribution < 1.29 is 14.3 Å². The highest BCUT2D eigenvalue weighted by Crippen LogP contribution is 2.51. The zero-order valence-corrected chi connectivity index (χ0v) is 20.4. The Hall–Kier alpha value is -4.11. The summed E-state index contributed by atoms with van der Waals surface area (Å²) in [5.74, 6) is -0.388. The Morgan fingerprint density at radius 3 is 2.11 bits per heavy atom. The van der Waals surface area contributed by atoms with Crippen molar-refractivity contribution in [3.63, 3.8) is 0 Å². The Labute approximate surface area is 206 Å². The van der Waals surface area contributed by atoms with Crippen molar-refractivity contribution >= 4 is 17.7 Å². The third-order valence-electron chi connectivity index (χ3n) is 6.36. The van der Waals surface area contributed by atoms with Crippen molar-refractivity contribution in [2.24, 2.45) is 0 Å². The number of para-hydroxylation sites is 1. The van der Waals surface area contributed by atoms with Crippen molar-refractivity contribution in [3.8, 4) is 6.07 Å². The smallest absolute Gasteiger partial charge is 0.408 e. The van der Waals surface area contributed by atoms with Crippen molar-refractivity contribution in [3.05, 3.63) is 102 Å². The molecule has 0 aromatic heterocycles. The molecule has 0 bridgehead atoms. The monoisotopic (exact) mass is 467 g/mol. The van der Waals surface area contributed by atoms with Crippen LogP contribution in [-0.2, 0) is 27.0 Å². The Balaban J connectivity index is 1.94. The van der Waals surface area contributed by atoms with Crippen molar-refractivity contribution in [2.45, 2.75) is 50.8 Å². The van der Waals surface area contributed by atoms with Gasteiger partial charge in [-0.3, -0.25) is 4.79 Å². The Morgan fingerprint density at radius 2 is 1.51 bits per heavy atom. The van der Waals surface area contributed by atoms with E-state index < -0.39 is 22.6 Å². The largest absolute Gasteiger partial charge is 0.444 e. The number of nitriles is 1. The SMILES string of the molecule is CC(C)(C)OC(=O)N[C@]1([C@@](C)(C#N)c2ccccc2)C(=O)N(Cc2ccccc2)c2ccccc21. The molecule has 0 saturated heterocycles. The summed E-state index contributed by atoms with van der Waals surface area (Å²) in [6, 6.07) is 28.4. The molecule has 0 aliphatic carbocycles. The van der Waals surface area contributed by atoms with Crippen LogP contribution < -0.4 is 10.2 Å². The number of rotatable bonds is 5. The van der Waals surface area contributed by atoms with E-state index in [1.165, 1.54) is 0 Å². The number of nitrogens with one attached hydrogen (secondary N) is 1. The topological polar surface area (TPSA) is 82.4 Å². The maximum absolute atomic E-state index is 14.5. The van der Waals surface area contributed by atoms with Gasteiger partial charge in [0.15, 0.2) is 5.54 Å². The minimum Gasteiger partial charge on any atom is -0.444 e. The van der Waals surface area contributed by atoms with Crippen LogP contribution in [0.5, 0.6) is 0 Å². The number of alkyl carbamates (subject to hydrolysis) is 1. The number of ether oxygens (including phenoxy) is 1. The van der Waals surface area contributed by atoms with E-state index in [1.54, 1.807) is 50.8 Å². The van der Waals surface area contributed by atoms with Crippen LogP contribution in [0.4, 0.5) is 10.5 Å². The molecule has 0 radical (unpaired) electrons. The van der Waals surface area contributed by atoms with Gasteiger partial charge in [0.1, 0.15) is 11.0 Å². The molecule has 2 atom stereocenters. The maximum Gasteiger partial charge on any atom is 0.408 e. The molecule has 0 unspecified atom stereocenters. The molecule has 1 heterocycles. The van der Waals surface area contributed by atoms with E-state index in [4.69, 9.17) is 4.74 Å². The van der Waals surface area contributed by atoms with Gasteiger partial charge in [-0.15, -0.1) is 0 Å². The summed E-state index contributed by atoms with van der Waals surface area (Å²) in [5.41, 5.74) is -1.19. The number of carbonyl (C=O) groups excluding carboxylic acids is 2. The molecule has 4 rings (SSSR count). The standard InChI is InChI=1S/C29H29N3O3/c1-27(2,3)35-26(34)31-29(28(4,20-30)22-15-9-6-10-16-22)23-17-11-12-18-24(23)32(25(29)33)19-21-13-7-5-8-14-21/h5-18H,19H2,1-4H3,(H,31,34)/t28-,29-/m0/s1. The maximum atomic E-state index is 14.5. The molecule has 3 aromatic rings. The molecule has 0 saturated carbocycles. The van der Waals surface area contributed by atoms with Gasteiger partial charge in [-0.1, -0.05) is 78.9 Å². The number of anilines is 1. The summed E-state index contributed by atoms with van der Waals surface area (Å²) >= 11 is 0. The number of nitrogens with zero attached hydrogens (tertiary/aromatic N) is 2. The van der Waals surface area contributed by atoms with Crippen LogP contribution in [0.15, 0.2) is 84.9 Å². The number of carbonyl (C=O) groups is 2. The molecule has 2 amide bonds. The average molecular weight is 468 g/mol. The van der Waals surface area contributed by atoms with E-state index in [-0.39, 0.29) is 5.91 Å². The lowest BCUT2D eigenvalue weighted by atomic mass is 9.64. The fraction of sp³-hybridized carbons (Fsp3) is 0.276. The average Bonchev–Trinajstić information content (AvgIpc) is 3.07. The van der Waals surface area contributed by atoms with Crippen LogP contribution in [0.1, 0.15) is 44.4 Å². The van der Waals surface area contributed by atoms with Crippen molar-refractivity contribution in [1.82, 2.24) is 5.32 Å². The van der Waals surface area contributed by atoms with Crippen molar-refractivity contribution in [2.75, 3.05) is 4.90 Å². The molecule has 1 N–H and O–H groups in total. The summed E-state index contributed by atoms with van der Waals surface area (Å²) in [4.78, 5) is 29.3. The lowest BCUT2D eigenvalue weighted by Gasteiger charge is -2.41. The minimum atomic E-state index is -1.71. The fourth-order valence-corrected chi connectivity index (χ4v) is 4.70. The van der Waals surface area contributed by atoms with Crippen LogP contribution in [0, 0.1) is 11.3 Å². The highest BCUT2D eigenvalue weighted by Gasteiger charge is 2.64. The molecule has 6 heteroatoms. The molecule has 35 heavy (non-hydrogen) atoms. The van der Waals surface area contributed by atoms with Gasteiger partial charge in [0.2, 0.25) is 0 Å². The second-order valence-electron chi connectivity index (χ2n) is 9.87. The normalized spacial score (nSPS) is 18.8. The Morgan fingerprint density at radius 1 is 0.943 bits per heavy atom. The molecule has 1 aliphatic rings. The zero-order valence-electron chi connectivity index (χ0n) is 20.4. The highest BCUT2D eigenvalue weighted by molar-refractivity contribution is 6.10. The van der Waals surface area contributed by atoms with Gasteiger partial charge < -0.3 is 15.0 Å². The third kappa shape index (κ3) is 4.15. The summed E-state index contributed by atoms with van der Waals surface area (Å²) in [5, 5.41) is 13.5. The second-order valence-corrected chi connectivity index (χ2v) is 9.87. The first-order valence-corrected chi connectivity index (χ1v) is 11.6. The lowest BCUT2D eigenvalue weighted by Crippen LogP contribution is -2.63. The van der Waals surface area contributed by atoms with Gasteiger partial charge >= 0.3 is 6.09 Å². The Kier molecular flexibility index (Phi) is 6.12. The minimum absolute atomic E-state index is 0.296. The lowest BCUT2D eigenvalue weighted by molar-refractivity contribution is -0.126. The van der Waals surface area contributed by atoms with Crippen LogP contribution in [-0.4, -0.2) is 17.6 Å². The quantitative estimate of drug-likeness (QED) is 0.542. The predicted octanol–water partition coefficient (Wildman–Crippen LogP) is 5.43. The first-order valence-electron chi connectivity index (χ1n) is 11.6. The first kappa shape index (κ1) is 24.0. The molecule has 0 spiro atoms. The van der Waals surface area contributed by atoms with Gasteiger partial charge in [0.25, 0.3) is 5.91 Å². The van der Waals surface area contributed by atoms with E-state index in [9.17, 15) is 14.9 Å². The van der Waals surface area contributed by atoms with Crippen LogP contribution in [0.2, 0.25) is 0 Å². The zero-order chi connectivity index (χ0) is 25.3. The van der Waals surface area contributed by atoms with Crippen LogP contribution >= 0.6 is 0 Å². The van der Waals surface area contributed by atoms with Gasteiger partial charge in [-0.2, -0.15) is 5.26 Å². The third-order valence-corrected chi connectivity index (χ3v) is 6.36. The molecule has 178 valence electrons. The van der Waals surface area contributed by atoms with E-state index in [0.717, 1.165) is 5.56 Å². The van der Waals surface area contributed by atoms with Gasteiger partial charge in [0, 0.05) is 5.56 Å². The van der Waals surface area contributed by atoms with E-state index in [0.29, 0.717) is 23.4 Å². The fourth-order valence-electron chi connectivity index (χ4n) is 4.70. The van der Waals surface area contributed by atoms with Crippen LogP contribution in [0.3, 0.4) is 0 Å². The van der Waals surface area contributed by atoms with Crippen LogP contribution in [0.25, 0.3) is 0 Å². The van der Waals surface area contributed by atoms with Crippen molar-refractivity contribution in [1.29, 1.82) is 5.26 Å².